The van der Waals surface area contributed by atoms with Crippen molar-refractivity contribution in [2.24, 2.45) is 5.73 Å². The van der Waals surface area contributed by atoms with Crippen molar-refractivity contribution in [2.45, 2.75) is 38.6 Å². The average molecular weight is 271 g/mol. The molecule has 19 heavy (non-hydrogen) atoms. The Morgan fingerprint density at radius 3 is 2.32 bits per heavy atom. The summed E-state index contributed by atoms with van der Waals surface area (Å²) in [5.41, 5.74) is 5.05. The van der Waals surface area contributed by atoms with Gasteiger partial charge in [0.15, 0.2) is 0 Å². The van der Waals surface area contributed by atoms with E-state index in [1.807, 2.05) is 6.92 Å². The summed E-state index contributed by atoms with van der Waals surface area (Å²) in [6, 6.07) is -0.222. The summed E-state index contributed by atoms with van der Waals surface area (Å²) >= 11 is 0. The van der Waals surface area contributed by atoms with Crippen LogP contribution in [0.4, 0.5) is 4.79 Å². The van der Waals surface area contributed by atoms with E-state index in [2.05, 4.69) is 0 Å². The van der Waals surface area contributed by atoms with Gasteiger partial charge in [0, 0.05) is 12.6 Å². The van der Waals surface area contributed by atoms with Crippen molar-refractivity contribution in [3.63, 3.8) is 0 Å². The minimum Gasteiger partial charge on any atom is -0.480 e. The fraction of sp³-hybridized carbons (Fsp3) is 0.750. The highest BCUT2D eigenvalue weighted by atomic mass is 16.4. The molecule has 1 aliphatic rings. The molecule has 0 heterocycles. The van der Waals surface area contributed by atoms with E-state index in [0.29, 0.717) is 6.54 Å². The van der Waals surface area contributed by atoms with Gasteiger partial charge in [-0.15, -0.1) is 0 Å². The Morgan fingerprint density at radius 1 is 1.26 bits per heavy atom. The van der Waals surface area contributed by atoms with E-state index in [1.54, 1.807) is 4.90 Å². The molecule has 1 saturated carbocycles. The largest absolute Gasteiger partial charge is 0.480 e. The second kappa shape index (κ2) is 6.96. The van der Waals surface area contributed by atoms with Crippen molar-refractivity contribution in [1.29, 1.82) is 0 Å². The number of carbonyl (C=O) groups excluding carboxylic acids is 2. The molecule has 0 radical (unpaired) electrons. The second-order valence-corrected chi connectivity index (χ2v) is 4.78. The Kier molecular flexibility index (Phi) is 5.59. The molecule has 7 heteroatoms. The molecule has 0 aromatic rings. The first-order chi connectivity index (χ1) is 8.95. The molecule has 0 aromatic carbocycles. The number of hydrogen-bond acceptors (Lipinski definition) is 3. The molecule has 1 aliphatic carbocycles. The number of hydrogen-bond donors (Lipinski definition) is 2. The van der Waals surface area contributed by atoms with Gasteiger partial charge in [0.1, 0.15) is 13.1 Å². The van der Waals surface area contributed by atoms with Gasteiger partial charge in [0.25, 0.3) is 0 Å². The lowest BCUT2D eigenvalue weighted by Gasteiger charge is -2.29. The molecule has 108 valence electrons. The average Bonchev–Trinajstić information content (AvgIpc) is 3.11. The van der Waals surface area contributed by atoms with Crippen LogP contribution in [0.1, 0.15) is 32.6 Å². The number of nitrogens with zero attached hydrogens (tertiary/aromatic N) is 2. The van der Waals surface area contributed by atoms with Crippen LogP contribution in [-0.4, -0.2) is 58.5 Å². The number of primary amides is 1. The molecule has 7 nitrogen and oxygen atoms in total. The Labute approximate surface area is 112 Å². The Bertz CT molecular complexity index is 339. The lowest BCUT2D eigenvalue weighted by Crippen LogP contribution is -2.49. The summed E-state index contributed by atoms with van der Waals surface area (Å²) in [6.45, 7) is 1.75. The summed E-state index contributed by atoms with van der Waals surface area (Å²) in [5.74, 6) is -1.86. The van der Waals surface area contributed by atoms with Crippen molar-refractivity contribution >= 4 is 17.9 Å². The quantitative estimate of drug-likeness (QED) is 0.660. The van der Waals surface area contributed by atoms with Crippen LogP contribution >= 0.6 is 0 Å². The monoisotopic (exact) mass is 271 g/mol. The third-order valence-electron chi connectivity index (χ3n) is 2.93. The number of rotatable bonds is 8. The Balaban J connectivity index is 2.70. The van der Waals surface area contributed by atoms with Crippen molar-refractivity contribution < 1.29 is 19.5 Å². The number of carboxylic acid groups (broad SMARTS) is 1. The van der Waals surface area contributed by atoms with Crippen LogP contribution in [0.2, 0.25) is 0 Å². The van der Waals surface area contributed by atoms with E-state index in [-0.39, 0.29) is 12.6 Å². The zero-order valence-corrected chi connectivity index (χ0v) is 11.2. The topological polar surface area (TPSA) is 104 Å². The maximum absolute atomic E-state index is 12.3. The summed E-state index contributed by atoms with van der Waals surface area (Å²) in [6.07, 6.45) is 3.69. The molecule has 3 N–H and O–H groups in total. The molecule has 3 amide bonds. The van der Waals surface area contributed by atoms with Crippen LogP contribution < -0.4 is 5.73 Å². The number of unbranched alkanes of at least 4 members (excludes halogenated alkanes) is 1. The number of amides is 3. The van der Waals surface area contributed by atoms with E-state index >= 15 is 0 Å². The Hall–Kier alpha value is -1.79. The predicted molar refractivity (Wildman–Crippen MR) is 68.4 cm³/mol. The van der Waals surface area contributed by atoms with Gasteiger partial charge >= 0.3 is 12.0 Å². The lowest BCUT2D eigenvalue weighted by atomic mass is 10.3. The summed E-state index contributed by atoms with van der Waals surface area (Å²) in [5, 5.41) is 8.79. The van der Waals surface area contributed by atoms with E-state index < -0.39 is 24.5 Å². The first-order valence-corrected chi connectivity index (χ1v) is 6.51. The van der Waals surface area contributed by atoms with Crippen LogP contribution in [-0.2, 0) is 9.59 Å². The van der Waals surface area contributed by atoms with E-state index in [1.165, 1.54) is 0 Å². The first kappa shape index (κ1) is 15.3. The minimum atomic E-state index is -1.15. The molecule has 0 saturated heterocycles. The van der Waals surface area contributed by atoms with E-state index in [9.17, 15) is 14.4 Å². The standard InChI is InChI=1S/C12H21N3O4/c1-2-3-6-15(9-4-5-9)12(19)14(7-10(13)16)8-11(17)18/h9H,2-8H2,1H3,(H2,13,16)(H,17,18). The fourth-order valence-corrected chi connectivity index (χ4v) is 1.87. The third kappa shape index (κ3) is 5.15. The number of urea groups is 1. The SMILES string of the molecule is CCCCN(C(=O)N(CC(N)=O)CC(=O)O)C1CC1. The van der Waals surface area contributed by atoms with Crippen molar-refractivity contribution in [2.75, 3.05) is 19.6 Å². The zero-order valence-electron chi connectivity index (χ0n) is 11.2. The second-order valence-electron chi connectivity index (χ2n) is 4.78. The van der Waals surface area contributed by atoms with E-state index in [0.717, 1.165) is 30.6 Å². The molecule has 0 spiro atoms. The number of carbonyl (C=O) groups is 3. The van der Waals surface area contributed by atoms with Gasteiger partial charge in [-0.05, 0) is 19.3 Å². The molecule has 0 bridgehead atoms. The first-order valence-electron chi connectivity index (χ1n) is 6.51. The maximum atomic E-state index is 12.3. The maximum Gasteiger partial charge on any atom is 0.323 e. The van der Waals surface area contributed by atoms with Crippen molar-refractivity contribution in [3.8, 4) is 0 Å². The van der Waals surface area contributed by atoms with Gasteiger partial charge < -0.3 is 20.6 Å². The number of carboxylic acids is 1. The highest BCUT2D eigenvalue weighted by Crippen LogP contribution is 2.28. The lowest BCUT2D eigenvalue weighted by molar-refractivity contribution is -0.138. The van der Waals surface area contributed by atoms with E-state index in [4.69, 9.17) is 10.8 Å². The molecule has 0 atom stereocenters. The summed E-state index contributed by atoms with van der Waals surface area (Å²) in [4.78, 5) is 36.6. The van der Waals surface area contributed by atoms with Gasteiger partial charge in [-0.2, -0.15) is 0 Å². The molecule has 1 fully saturated rings. The van der Waals surface area contributed by atoms with Gasteiger partial charge in [0.05, 0.1) is 0 Å². The smallest absolute Gasteiger partial charge is 0.323 e. The van der Waals surface area contributed by atoms with Gasteiger partial charge in [-0.3, -0.25) is 9.59 Å². The highest BCUT2D eigenvalue weighted by Gasteiger charge is 2.35. The minimum absolute atomic E-state index is 0.184. The van der Waals surface area contributed by atoms with Crippen molar-refractivity contribution in [1.82, 2.24) is 9.80 Å². The molecule has 0 aliphatic heterocycles. The van der Waals surface area contributed by atoms with Gasteiger partial charge in [-0.1, -0.05) is 13.3 Å². The normalized spacial score (nSPS) is 13.9. The molecule has 0 unspecified atom stereocenters. The van der Waals surface area contributed by atoms with Crippen molar-refractivity contribution in [3.05, 3.63) is 0 Å². The van der Waals surface area contributed by atoms with Crippen LogP contribution in [0.15, 0.2) is 0 Å². The summed E-state index contributed by atoms with van der Waals surface area (Å²) < 4.78 is 0. The Morgan fingerprint density at radius 2 is 1.89 bits per heavy atom. The fourth-order valence-electron chi connectivity index (χ4n) is 1.87. The molecular weight excluding hydrogens is 250 g/mol. The number of aliphatic carboxylic acids is 1. The highest BCUT2D eigenvalue weighted by molar-refractivity contribution is 5.86. The molecule has 1 rings (SSSR count). The zero-order chi connectivity index (χ0) is 14.4. The van der Waals surface area contributed by atoms with Crippen LogP contribution in [0.3, 0.4) is 0 Å². The van der Waals surface area contributed by atoms with Crippen LogP contribution in [0.25, 0.3) is 0 Å². The predicted octanol–water partition coefficient (Wildman–Crippen LogP) is 0.243. The number of nitrogens with two attached hydrogens (primary N) is 1. The van der Waals surface area contributed by atoms with Gasteiger partial charge in [0.2, 0.25) is 5.91 Å². The molecule has 0 aromatic heterocycles. The third-order valence-corrected chi connectivity index (χ3v) is 2.93. The molecular formula is C12H21N3O4. The van der Waals surface area contributed by atoms with Crippen LogP contribution in [0.5, 0.6) is 0 Å². The summed E-state index contributed by atoms with van der Waals surface area (Å²) in [7, 11) is 0. The van der Waals surface area contributed by atoms with Crippen LogP contribution in [0, 0.1) is 0 Å². The van der Waals surface area contributed by atoms with Gasteiger partial charge in [-0.25, -0.2) is 4.79 Å².